The van der Waals surface area contributed by atoms with E-state index in [2.05, 4.69) is 15.6 Å². The van der Waals surface area contributed by atoms with Crippen molar-refractivity contribution in [1.82, 2.24) is 4.98 Å². The number of amides is 1. The lowest BCUT2D eigenvalue weighted by molar-refractivity contribution is 0.102. The summed E-state index contributed by atoms with van der Waals surface area (Å²) in [5.74, 6) is 0.0607. The second kappa shape index (κ2) is 6.77. The van der Waals surface area contributed by atoms with E-state index in [1.54, 1.807) is 38.2 Å². The Balaban J connectivity index is 2.36. The summed E-state index contributed by atoms with van der Waals surface area (Å²) < 4.78 is 0. The molecule has 0 fully saturated rings. The van der Waals surface area contributed by atoms with Gasteiger partial charge in [0, 0.05) is 29.7 Å². The SMILES string of the molecule is CNc1ncc(C(=O)Nc2ccc(Cl)cc2)c(Cl)c1C(C)=N. The van der Waals surface area contributed by atoms with Crippen LogP contribution in [0.4, 0.5) is 11.5 Å². The normalized spacial score (nSPS) is 10.2. The number of nitrogens with zero attached hydrogens (tertiary/aromatic N) is 1. The fourth-order valence-electron chi connectivity index (χ4n) is 1.91. The second-order valence-electron chi connectivity index (χ2n) is 4.55. The first kappa shape index (κ1) is 16.3. The van der Waals surface area contributed by atoms with Crippen molar-refractivity contribution in [3.63, 3.8) is 0 Å². The van der Waals surface area contributed by atoms with Crippen molar-refractivity contribution in [2.45, 2.75) is 6.92 Å². The third-order valence-corrected chi connectivity index (χ3v) is 3.62. The zero-order chi connectivity index (χ0) is 16.3. The highest BCUT2D eigenvalue weighted by Gasteiger charge is 2.19. The number of carbonyl (C=O) groups excluding carboxylic acids is 1. The molecule has 0 radical (unpaired) electrons. The zero-order valence-corrected chi connectivity index (χ0v) is 13.5. The summed E-state index contributed by atoms with van der Waals surface area (Å²) in [6, 6.07) is 6.72. The maximum Gasteiger partial charge on any atom is 0.258 e. The Morgan fingerprint density at radius 1 is 1.23 bits per heavy atom. The molecule has 114 valence electrons. The molecule has 0 saturated heterocycles. The minimum absolute atomic E-state index is 0.193. The van der Waals surface area contributed by atoms with E-state index in [0.717, 1.165) is 0 Å². The number of halogens is 2. The topological polar surface area (TPSA) is 77.9 Å². The molecule has 0 saturated carbocycles. The molecular formula is C15H14Cl2N4O. The molecule has 0 aliphatic heterocycles. The number of anilines is 2. The van der Waals surface area contributed by atoms with E-state index in [1.165, 1.54) is 6.20 Å². The Labute approximate surface area is 138 Å². The van der Waals surface area contributed by atoms with Crippen molar-refractivity contribution in [2.24, 2.45) is 0 Å². The number of hydrogen-bond donors (Lipinski definition) is 3. The molecule has 1 aromatic carbocycles. The second-order valence-corrected chi connectivity index (χ2v) is 5.36. The molecule has 3 N–H and O–H groups in total. The van der Waals surface area contributed by atoms with Gasteiger partial charge in [-0.2, -0.15) is 0 Å². The number of benzene rings is 1. The molecule has 1 aromatic heterocycles. The average molecular weight is 337 g/mol. The number of hydrogen-bond acceptors (Lipinski definition) is 4. The van der Waals surface area contributed by atoms with Crippen LogP contribution in [-0.2, 0) is 0 Å². The minimum Gasteiger partial charge on any atom is -0.373 e. The van der Waals surface area contributed by atoms with Gasteiger partial charge in [-0.3, -0.25) is 4.79 Å². The highest BCUT2D eigenvalue weighted by molar-refractivity contribution is 6.38. The van der Waals surface area contributed by atoms with Gasteiger partial charge in [-0.15, -0.1) is 0 Å². The number of pyridine rings is 1. The molecule has 2 rings (SSSR count). The fourth-order valence-corrected chi connectivity index (χ4v) is 2.40. The van der Waals surface area contributed by atoms with Crippen LogP contribution in [0, 0.1) is 5.41 Å². The average Bonchev–Trinajstić information content (AvgIpc) is 2.48. The lowest BCUT2D eigenvalue weighted by atomic mass is 10.1. The predicted molar refractivity (Wildman–Crippen MR) is 90.7 cm³/mol. The molecular weight excluding hydrogens is 323 g/mol. The monoisotopic (exact) mass is 336 g/mol. The van der Waals surface area contributed by atoms with Crippen molar-refractivity contribution in [3.05, 3.63) is 51.6 Å². The van der Waals surface area contributed by atoms with E-state index in [1.807, 2.05) is 0 Å². The number of rotatable bonds is 4. The first-order valence-corrected chi connectivity index (χ1v) is 7.18. The van der Waals surface area contributed by atoms with E-state index in [0.29, 0.717) is 22.1 Å². The predicted octanol–water partition coefficient (Wildman–Crippen LogP) is 4.07. The molecule has 5 nitrogen and oxygen atoms in total. The van der Waals surface area contributed by atoms with Crippen LogP contribution in [-0.4, -0.2) is 23.7 Å². The molecule has 0 bridgehead atoms. The lowest BCUT2D eigenvalue weighted by Crippen LogP contribution is -2.15. The smallest absolute Gasteiger partial charge is 0.258 e. The fraction of sp³-hybridized carbons (Fsp3) is 0.133. The van der Waals surface area contributed by atoms with Crippen LogP contribution < -0.4 is 10.6 Å². The molecule has 0 aliphatic carbocycles. The Kier molecular flexibility index (Phi) is 5.00. The summed E-state index contributed by atoms with van der Waals surface area (Å²) in [4.78, 5) is 16.5. The summed E-state index contributed by atoms with van der Waals surface area (Å²) in [5.41, 5.74) is 1.43. The van der Waals surface area contributed by atoms with E-state index in [-0.39, 0.29) is 16.3 Å². The molecule has 1 amide bonds. The van der Waals surface area contributed by atoms with Crippen molar-refractivity contribution in [3.8, 4) is 0 Å². The molecule has 0 aliphatic rings. The van der Waals surface area contributed by atoms with Gasteiger partial charge in [0.25, 0.3) is 5.91 Å². The lowest BCUT2D eigenvalue weighted by Gasteiger charge is -2.13. The standard InChI is InChI=1S/C15H14Cl2N4O/c1-8(18)12-13(17)11(7-20-14(12)19-2)15(22)21-10-5-3-9(16)4-6-10/h3-7,18H,1-2H3,(H,19,20)(H,21,22). The van der Waals surface area contributed by atoms with Crippen LogP contribution in [0.25, 0.3) is 0 Å². The zero-order valence-electron chi connectivity index (χ0n) is 12.0. The van der Waals surface area contributed by atoms with E-state index >= 15 is 0 Å². The van der Waals surface area contributed by atoms with Gasteiger partial charge in [-0.1, -0.05) is 23.2 Å². The Morgan fingerprint density at radius 2 is 1.86 bits per heavy atom. The van der Waals surface area contributed by atoms with Gasteiger partial charge in [0.15, 0.2) is 0 Å². The minimum atomic E-state index is -0.398. The van der Waals surface area contributed by atoms with Crippen LogP contribution >= 0.6 is 23.2 Å². The van der Waals surface area contributed by atoms with Gasteiger partial charge in [0.1, 0.15) is 5.82 Å². The summed E-state index contributed by atoms with van der Waals surface area (Å²) in [6.45, 7) is 1.59. The Hall–Kier alpha value is -2.11. The summed E-state index contributed by atoms with van der Waals surface area (Å²) in [7, 11) is 1.68. The Bertz CT molecular complexity index is 729. The van der Waals surface area contributed by atoms with Gasteiger partial charge in [-0.05, 0) is 31.2 Å². The van der Waals surface area contributed by atoms with E-state index in [4.69, 9.17) is 28.6 Å². The maximum atomic E-state index is 12.3. The molecule has 0 unspecified atom stereocenters. The van der Waals surface area contributed by atoms with Crippen molar-refractivity contribution < 1.29 is 4.79 Å². The molecule has 0 spiro atoms. The van der Waals surface area contributed by atoms with Crippen LogP contribution in [0.2, 0.25) is 10.0 Å². The van der Waals surface area contributed by atoms with Gasteiger partial charge >= 0.3 is 0 Å². The third-order valence-electron chi connectivity index (χ3n) is 2.97. The molecule has 22 heavy (non-hydrogen) atoms. The summed E-state index contributed by atoms with van der Waals surface area (Å²) >= 11 is 12.1. The van der Waals surface area contributed by atoms with E-state index < -0.39 is 5.91 Å². The van der Waals surface area contributed by atoms with E-state index in [9.17, 15) is 4.79 Å². The largest absolute Gasteiger partial charge is 0.373 e. The third kappa shape index (κ3) is 3.37. The van der Waals surface area contributed by atoms with Crippen LogP contribution in [0.3, 0.4) is 0 Å². The summed E-state index contributed by atoms with van der Waals surface area (Å²) in [5, 5.41) is 14.1. The number of aromatic nitrogens is 1. The van der Waals surface area contributed by atoms with Crippen molar-refractivity contribution >= 4 is 46.3 Å². The maximum absolute atomic E-state index is 12.3. The van der Waals surface area contributed by atoms with Crippen molar-refractivity contribution in [2.75, 3.05) is 17.7 Å². The molecule has 2 aromatic rings. The van der Waals surface area contributed by atoms with Gasteiger partial charge in [-0.25, -0.2) is 4.98 Å². The van der Waals surface area contributed by atoms with Crippen molar-refractivity contribution in [1.29, 1.82) is 5.41 Å². The first-order valence-electron chi connectivity index (χ1n) is 6.42. The number of carbonyl (C=O) groups is 1. The first-order chi connectivity index (χ1) is 10.4. The van der Waals surface area contributed by atoms with Gasteiger partial charge in [0.2, 0.25) is 0 Å². The highest BCUT2D eigenvalue weighted by atomic mass is 35.5. The quantitative estimate of drug-likeness (QED) is 0.736. The molecule has 7 heteroatoms. The van der Waals surface area contributed by atoms with Gasteiger partial charge in [0.05, 0.1) is 16.1 Å². The number of nitrogens with one attached hydrogen (secondary N) is 3. The Morgan fingerprint density at radius 3 is 2.41 bits per heavy atom. The van der Waals surface area contributed by atoms with Gasteiger partial charge < -0.3 is 16.0 Å². The summed E-state index contributed by atoms with van der Waals surface area (Å²) in [6.07, 6.45) is 1.38. The van der Waals surface area contributed by atoms with Crippen LogP contribution in [0.15, 0.2) is 30.5 Å². The molecule has 1 heterocycles. The highest BCUT2D eigenvalue weighted by Crippen LogP contribution is 2.27. The van der Waals surface area contributed by atoms with Crippen LogP contribution in [0.5, 0.6) is 0 Å². The molecule has 0 atom stereocenters. The van der Waals surface area contributed by atoms with Crippen LogP contribution in [0.1, 0.15) is 22.8 Å².